The third kappa shape index (κ3) is 2.78. The predicted molar refractivity (Wildman–Crippen MR) is 67.1 cm³/mol. The van der Waals surface area contributed by atoms with E-state index in [-0.39, 0.29) is 11.7 Å². The molecule has 0 bridgehead atoms. The van der Waals surface area contributed by atoms with Crippen molar-refractivity contribution in [1.82, 2.24) is 5.32 Å². The molecule has 0 spiro atoms. The number of carbonyl (C=O) groups is 1. The normalized spacial score (nSPS) is 23.6. The van der Waals surface area contributed by atoms with Gasteiger partial charge in [-0.1, -0.05) is 6.92 Å². The van der Waals surface area contributed by atoms with Gasteiger partial charge in [-0.25, -0.2) is 0 Å². The minimum Gasteiger partial charge on any atom is -0.508 e. The zero-order valence-corrected chi connectivity index (χ0v) is 10.4. The number of aryl methyl sites for hydroxylation is 1. The molecular formula is C14H19NO2. The maximum absolute atomic E-state index is 12.0. The number of aromatic hydroxyl groups is 1. The molecule has 1 aliphatic rings. The van der Waals surface area contributed by atoms with Gasteiger partial charge in [0.25, 0.3) is 5.91 Å². The summed E-state index contributed by atoms with van der Waals surface area (Å²) in [6, 6.07) is 5.27. The summed E-state index contributed by atoms with van der Waals surface area (Å²) in [5.74, 6) is 0.907. The molecule has 17 heavy (non-hydrogen) atoms. The summed E-state index contributed by atoms with van der Waals surface area (Å²) >= 11 is 0. The molecule has 1 aromatic rings. The zero-order valence-electron chi connectivity index (χ0n) is 10.4. The van der Waals surface area contributed by atoms with Crippen molar-refractivity contribution in [2.75, 3.05) is 0 Å². The van der Waals surface area contributed by atoms with E-state index in [0.29, 0.717) is 17.5 Å². The van der Waals surface area contributed by atoms with Crippen molar-refractivity contribution in [3.63, 3.8) is 0 Å². The van der Waals surface area contributed by atoms with Crippen LogP contribution in [0.25, 0.3) is 0 Å². The third-order valence-electron chi connectivity index (χ3n) is 3.49. The Hall–Kier alpha value is -1.51. The Bertz CT molecular complexity index is 428. The first kappa shape index (κ1) is 12.0. The van der Waals surface area contributed by atoms with E-state index in [4.69, 9.17) is 0 Å². The number of amides is 1. The highest BCUT2D eigenvalue weighted by Gasteiger charge is 2.23. The average molecular weight is 233 g/mol. The lowest BCUT2D eigenvalue weighted by Gasteiger charge is -2.13. The lowest BCUT2D eigenvalue weighted by atomic mass is 10.1. The van der Waals surface area contributed by atoms with Crippen LogP contribution in [0.2, 0.25) is 0 Å². The van der Waals surface area contributed by atoms with Crippen LogP contribution in [0.3, 0.4) is 0 Å². The van der Waals surface area contributed by atoms with Crippen LogP contribution >= 0.6 is 0 Å². The fourth-order valence-corrected chi connectivity index (χ4v) is 2.40. The van der Waals surface area contributed by atoms with Crippen LogP contribution in [0.1, 0.15) is 42.1 Å². The summed E-state index contributed by atoms with van der Waals surface area (Å²) in [6.45, 7) is 4.01. The first-order chi connectivity index (χ1) is 8.06. The van der Waals surface area contributed by atoms with Gasteiger partial charge in [-0.15, -0.1) is 0 Å². The maximum atomic E-state index is 12.0. The Balaban J connectivity index is 2.02. The average Bonchev–Trinajstić information content (AvgIpc) is 2.68. The van der Waals surface area contributed by atoms with Gasteiger partial charge in [0.2, 0.25) is 0 Å². The van der Waals surface area contributed by atoms with Crippen molar-refractivity contribution in [2.45, 2.75) is 39.2 Å². The van der Waals surface area contributed by atoms with Gasteiger partial charge in [-0.3, -0.25) is 4.79 Å². The van der Waals surface area contributed by atoms with Gasteiger partial charge in [0.1, 0.15) is 5.75 Å². The Labute approximate surface area is 102 Å². The molecule has 1 amide bonds. The second kappa shape index (κ2) is 4.78. The van der Waals surface area contributed by atoms with E-state index in [9.17, 15) is 9.90 Å². The van der Waals surface area contributed by atoms with E-state index in [2.05, 4.69) is 12.2 Å². The van der Waals surface area contributed by atoms with Crippen LogP contribution in [-0.4, -0.2) is 17.1 Å². The van der Waals surface area contributed by atoms with E-state index >= 15 is 0 Å². The van der Waals surface area contributed by atoms with E-state index in [0.717, 1.165) is 18.4 Å². The third-order valence-corrected chi connectivity index (χ3v) is 3.49. The van der Waals surface area contributed by atoms with E-state index in [1.807, 2.05) is 0 Å². The molecule has 0 heterocycles. The van der Waals surface area contributed by atoms with Gasteiger partial charge in [0.15, 0.2) is 0 Å². The number of hydrogen-bond donors (Lipinski definition) is 2. The van der Waals surface area contributed by atoms with Gasteiger partial charge >= 0.3 is 0 Å². The number of phenolic OH excluding ortho intramolecular Hbond substituents is 1. The molecule has 3 heteroatoms. The summed E-state index contributed by atoms with van der Waals surface area (Å²) in [4.78, 5) is 12.0. The number of phenols is 1. The van der Waals surface area contributed by atoms with Gasteiger partial charge in [0.05, 0.1) is 0 Å². The molecule has 2 N–H and O–H groups in total. The summed E-state index contributed by atoms with van der Waals surface area (Å²) in [7, 11) is 0. The van der Waals surface area contributed by atoms with Crippen molar-refractivity contribution in [3.05, 3.63) is 29.3 Å². The quantitative estimate of drug-likeness (QED) is 0.825. The van der Waals surface area contributed by atoms with Crippen LogP contribution in [0, 0.1) is 12.8 Å². The molecule has 3 nitrogen and oxygen atoms in total. The molecule has 0 radical (unpaired) electrons. The molecular weight excluding hydrogens is 214 g/mol. The molecule has 0 saturated heterocycles. The molecule has 1 fully saturated rings. The fourth-order valence-electron chi connectivity index (χ4n) is 2.40. The molecule has 2 atom stereocenters. The summed E-state index contributed by atoms with van der Waals surface area (Å²) < 4.78 is 0. The van der Waals surface area contributed by atoms with Gasteiger partial charge in [-0.05, 0) is 55.9 Å². The standard InChI is InChI=1S/C14H19NO2/c1-9-3-5-12(7-9)15-14(17)11-4-6-13(16)10(2)8-11/h4,6,8-9,12,16H,3,5,7H2,1-2H3,(H,15,17). The van der Waals surface area contributed by atoms with Crippen molar-refractivity contribution in [3.8, 4) is 5.75 Å². The summed E-state index contributed by atoms with van der Waals surface area (Å²) in [5, 5.41) is 12.5. The van der Waals surface area contributed by atoms with Crippen LogP contribution in [0.15, 0.2) is 18.2 Å². The Morgan fingerprint density at radius 2 is 2.18 bits per heavy atom. The van der Waals surface area contributed by atoms with Crippen LogP contribution in [0.5, 0.6) is 5.75 Å². The van der Waals surface area contributed by atoms with E-state index in [1.165, 1.54) is 6.42 Å². The smallest absolute Gasteiger partial charge is 0.251 e. The molecule has 0 aromatic heterocycles. The Kier molecular flexibility index (Phi) is 3.36. The fraction of sp³-hybridized carbons (Fsp3) is 0.500. The molecule has 1 aliphatic carbocycles. The number of carbonyl (C=O) groups excluding carboxylic acids is 1. The molecule has 0 aliphatic heterocycles. The van der Waals surface area contributed by atoms with Crippen molar-refractivity contribution >= 4 is 5.91 Å². The summed E-state index contributed by atoms with van der Waals surface area (Å²) in [6.07, 6.45) is 3.34. The Morgan fingerprint density at radius 1 is 1.41 bits per heavy atom. The highest BCUT2D eigenvalue weighted by atomic mass is 16.3. The highest BCUT2D eigenvalue weighted by molar-refractivity contribution is 5.94. The highest BCUT2D eigenvalue weighted by Crippen LogP contribution is 2.25. The number of hydrogen-bond acceptors (Lipinski definition) is 2. The van der Waals surface area contributed by atoms with Crippen molar-refractivity contribution in [2.24, 2.45) is 5.92 Å². The van der Waals surface area contributed by atoms with Crippen LogP contribution in [-0.2, 0) is 0 Å². The molecule has 2 rings (SSSR count). The lowest BCUT2D eigenvalue weighted by molar-refractivity contribution is 0.0937. The topological polar surface area (TPSA) is 49.3 Å². The van der Waals surface area contributed by atoms with Crippen molar-refractivity contribution in [1.29, 1.82) is 0 Å². The van der Waals surface area contributed by atoms with Crippen LogP contribution in [0.4, 0.5) is 0 Å². The number of rotatable bonds is 2. The van der Waals surface area contributed by atoms with Crippen molar-refractivity contribution < 1.29 is 9.90 Å². The monoisotopic (exact) mass is 233 g/mol. The Morgan fingerprint density at radius 3 is 2.76 bits per heavy atom. The molecule has 92 valence electrons. The van der Waals surface area contributed by atoms with Gasteiger partial charge in [-0.2, -0.15) is 0 Å². The molecule has 2 unspecified atom stereocenters. The largest absolute Gasteiger partial charge is 0.508 e. The van der Waals surface area contributed by atoms with Gasteiger partial charge < -0.3 is 10.4 Å². The van der Waals surface area contributed by atoms with E-state index < -0.39 is 0 Å². The summed E-state index contributed by atoms with van der Waals surface area (Å²) in [5.41, 5.74) is 1.36. The zero-order chi connectivity index (χ0) is 12.4. The number of nitrogens with one attached hydrogen (secondary N) is 1. The second-order valence-electron chi connectivity index (χ2n) is 5.09. The SMILES string of the molecule is Cc1cc(C(=O)NC2CCC(C)C2)ccc1O. The molecule has 1 saturated carbocycles. The first-order valence-electron chi connectivity index (χ1n) is 6.16. The number of benzene rings is 1. The van der Waals surface area contributed by atoms with Gasteiger partial charge in [0, 0.05) is 11.6 Å². The predicted octanol–water partition coefficient (Wildman–Crippen LogP) is 2.62. The van der Waals surface area contributed by atoms with Crippen LogP contribution < -0.4 is 5.32 Å². The van der Waals surface area contributed by atoms with E-state index in [1.54, 1.807) is 25.1 Å². The molecule has 1 aromatic carbocycles. The second-order valence-corrected chi connectivity index (χ2v) is 5.09. The minimum atomic E-state index is -0.0350. The minimum absolute atomic E-state index is 0.0350. The first-order valence-corrected chi connectivity index (χ1v) is 6.16. The lowest BCUT2D eigenvalue weighted by Crippen LogP contribution is -2.32. The maximum Gasteiger partial charge on any atom is 0.251 e.